The number of ether oxygens (including phenoxy) is 2. The third kappa shape index (κ3) is 3.42. The predicted molar refractivity (Wildman–Crippen MR) is 79.1 cm³/mol. The minimum atomic E-state index is 0.0304. The van der Waals surface area contributed by atoms with Crippen LogP contribution in [-0.4, -0.2) is 24.9 Å². The molecule has 1 aliphatic rings. The molecule has 1 fully saturated rings. The lowest BCUT2D eigenvalue weighted by molar-refractivity contribution is 0.194. The van der Waals surface area contributed by atoms with E-state index in [4.69, 9.17) is 9.47 Å². The number of hydrogen-bond acceptors (Lipinski definition) is 3. The van der Waals surface area contributed by atoms with E-state index in [1.54, 1.807) is 7.11 Å². The summed E-state index contributed by atoms with van der Waals surface area (Å²) in [5.41, 5.74) is 1.00. The summed E-state index contributed by atoms with van der Waals surface area (Å²) in [7, 11) is 1.65. The van der Waals surface area contributed by atoms with Crippen LogP contribution in [0.5, 0.6) is 11.5 Å². The minimum Gasteiger partial charge on any atom is -0.493 e. The van der Waals surface area contributed by atoms with Gasteiger partial charge in [-0.05, 0) is 37.8 Å². The van der Waals surface area contributed by atoms with Gasteiger partial charge in [-0.25, -0.2) is 0 Å². The lowest BCUT2D eigenvalue weighted by Crippen LogP contribution is -2.14. The fourth-order valence-electron chi connectivity index (χ4n) is 2.50. The monoisotopic (exact) mass is 328 g/mol. The van der Waals surface area contributed by atoms with E-state index >= 15 is 0 Å². The summed E-state index contributed by atoms with van der Waals surface area (Å²) < 4.78 is 12.5. The maximum atomic E-state index is 9.42. The lowest BCUT2D eigenvalue weighted by Gasteiger charge is -2.22. The van der Waals surface area contributed by atoms with Crippen molar-refractivity contribution in [2.45, 2.75) is 44.6 Å². The van der Waals surface area contributed by atoms with Gasteiger partial charge in [-0.15, -0.1) is 0 Å². The second-order valence-electron chi connectivity index (χ2n) is 5.13. The molecule has 0 radical (unpaired) electrons. The number of aliphatic hydroxyl groups is 1. The summed E-state index contributed by atoms with van der Waals surface area (Å²) in [6.45, 7) is 2.09. The molecule has 1 saturated carbocycles. The van der Waals surface area contributed by atoms with Gasteiger partial charge >= 0.3 is 0 Å². The lowest BCUT2D eigenvalue weighted by atomic mass is 10.0. The van der Waals surface area contributed by atoms with Crippen molar-refractivity contribution in [3.8, 4) is 11.5 Å². The fourth-order valence-corrected chi connectivity index (χ4v) is 2.96. The van der Waals surface area contributed by atoms with Crippen molar-refractivity contribution >= 4 is 15.9 Å². The summed E-state index contributed by atoms with van der Waals surface area (Å²) >= 11 is 3.48. The Morgan fingerprint density at radius 3 is 2.63 bits per heavy atom. The molecule has 0 amide bonds. The van der Waals surface area contributed by atoms with Crippen LogP contribution < -0.4 is 9.47 Å². The Kier molecular flexibility index (Phi) is 5.11. The van der Waals surface area contributed by atoms with Gasteiger partial charge in [-0.2, -0.15) is 0 Å². The van der Waals surface area contributed by atoms with E-state index in [0.717, 1.165) is 34.4 Å². The van der Waals surface area contributed by atoms with E-state index in [-0.39, 0.29) is 18.6 Å². The molecule has 0 bridgehead atoms. The predicted octanol–water partition coefficient (Wildman–Crippen LogP) is 3.87. The average Bonchev–Trinajstić information content (AvgIpc) is 2.92. The molecule has 4 heteroatoms. The van der Waals surface area contributed by atoms with E-state index in [9.17, 15) is 5.11 Å². The van der Waals surface area contributed by atoms with Gasteiger partial charge in [0.15, 0.2) is 11.5 Å². The molecule has 0 aromatic heterocycles. The number of rotatable bonds is 5. The van der Waals surface area contributed by atoms with Crippen molar-refractivity contribution in [2.75, 3.05) is 13.7 Å². The van der Waals surface area contributed by atoms with Crippen LogP contribution in [0.15, 0.2) is 16.6 Å². The third-order valence-electron chi connectivity index (χ3n) is 3.66. The Bertz CT molecular complexity index is 428. The van der Waals surface area contributed by atoms with E-state index in [2.05, 4.69) is 15.9 Å². The Hall–Kier alpha value is -0.740. The first-order chi connectivity index (χ1) is 9.15. The molecule has 1 N–H and O–H groups in total. The number of benzene rings is 1. The molecule has 1 atom stereocenters. The summed E-state index contributed by atoms with van der Waals surface area (Å²) in [4.78, 5) is 0. The molecule has 0 aliphatic heterocycles. The topological polar surface area (TPSA) is 38.7 Å². The van der Waals surface area contributed by atoms with Crippen LogP contribution in [0, 0.1) is 0 Å². The van der Waals surface area contributed by atoms with Crippen molar-refractivity contribution in [3.63, 3.8) is 0 Å². The Balaban J connectivity index is 2.35. The van der Waals surface area contributed by atoms with Crippen LogP contribution in [0.4, 0.5) is 0 Å². The molecular formula is C15H21BrO3. The molecule has 3 nitrogen and oxygen atoms in total. The highest BCUT2D eigenvalue weighted by Gasteiger charge is 2.23. The molecule has 0 saturated heterocycles. The Morgan fingerprint density at radius 2 is 2.05 bits per heavy atom. The molecule has 1 aliphatic carbocycles. The van der Waals surface area contributed by atoms with Crippen LogP contribution >= 0.6 is 15.9 Å². The van der Waals surface area contributed by atoms with Crippen LogP contribution in [-0.2, 0) is 0 Å². The molecule has 1 aromatic carbocycles. The zero-order valence-electron chi connectivity index (χ0n) is 11.5. The van der Waals surface area contributed by atoms with Crippen LogP contribution in [0.3, 0.4) is 0 Å². The zero-order chi connectivity index (χ0) is 13.8. The number of aliphatic hydroxyl groups excluding tert-OH is 1. The Morgan fingerprint density at radius 1 is 1.37 bits per heavy atom. The third-order valence-corrected chi connectivity index (χ3v) is 4.12. The van der Waals surface area contributed by atoms with Crippen LogP contribution in [0.2, 0.25) is 0 Å². The zero-order valence-corrected chi connectivity index (χ0v) is 13.1. The minimum absolute atomic E-state index is 0.0304. The molecule has 0 heterocycles. The molecule has 106 valence electrons. The molecule has 0 spiro atoms. The first-order valence-electron chi connectivity index (χ1n) is 6.80. The SMILES string of the molecule is COc1cc(Br)cc(C(C)CO)c1OC1CCCC1. The van der Waals surface area contributed by atoms with Crippen molar-refractivity contribution < 1.29 is 14.6 Å². The van der Waals surface area contributed by atoms with E-state index in [1.807, 2.05) is 19.1 Å². The molecule has 2 rings (SSSR count). The largest absolute Gasteiger partial charge is 0.493 e. The van der Waals surface area contributed by atoms with Crippen LogP contribution in [0.25, 0.3) is 0 Å². The summed E-state index contributed by atoms with van der Waals surface area (Å²) in [5.74, 6) is 1.55. The van der Waals surface area contributed by atoms with Gasteiger partial charge in [-0.1, -0.05) is 22.9 Å². The number of hydrogen-bond donors (Lipinski definition) is 1. The highest BCUT2D eigenvalue weighted by molar-refractivity contribution is 9.10. The summed E-state index contributed by atoms with van der Waals surface area (Å²) in [5, 5.41) is 9.42. The maximum absolute atomic E-state index is 9.42. The van der Waals surface area contributed by atoms with Gasteiger partial charge in [0.1, 0.15) is 0 Å². The van der Waals surface area contributed by atoms with Crippen molar-refractivity contribution in [1.29, 1.82) is 0 Å². The van der Waals surface area contributed by atoms with E-state index in [0.29, 0.717) is 0 Å². The fraction of sp³-hybridized carbons (Fsp3) is 0.600. The van der Waals surface area contributed by atoms with Gasteiger partial charge in [0, 0.05) is 22.6 Å². The standard InChI is InChI=1S/C15H21BrO3/c1-10(9-17)13-7-11(16)8-14(18-2)15(13)19-12-5-3-4-6-12/h7-8,10,12,17H,3-6,9H2,1-2H3. The molecule has 1 unspecified atom stereocenters. The van der Waals surface area contributed by atoms with Gasteiger partial charge in [0.05, 0.1) is 13.2 Å². The van der Waals surface area contributed by atoms with E-state index in [1.165, 1.54) is 12.8 Å². The maximum Gasteiger partial charge on any atom is 0.165 e. The van der Waals surface area contributed by atoms with Gasteiger partial charge in [0.2, 0.25) is 0 Å². The van der Waals surface area contributed by atoms with Crippen molar-refractivity contribution in [1.82, 2.24) is 0 Å². The number of methoxy groups -OCH3 is 1. The van der Waals surface area contributed by atoms with Crippen molar-refractivity contribution in [3.05, 3.63) is 22.2 Å². The smallest absolute Gasteiger partial charge is 0.165 e. The molecule has 19 heavy (non-hydrogen) atoms. The second kappa shape index (κ2) is 6.62. The van der Waals surface area contributed by atoms with Gasteiger partial charge in [-0.3, -0.25) is 0 Å². The first-order valence-corrected chi connectivity index (χ1v) is 7.60. The summed E-state index contributed by atoms with van der Waals surface area (Å²) in [6, 6.07) is 3.92. The quantitative estimate of drug-likeness (QED) is 0.891. The highest BCUT2D eigenvalue weighted by Crippen LogP contribution is 2.40. The van der Waals surface area contributed by atoms with E-state index < -0.39 is 0 Å². The van der Waals surface area contributed by atoms with Crippen molar-refractivity contribution in [2.24, 2.45) is 0 Å². The average molecular weight is 329 g/mol. The van der Waals surface area contributed by atoms with Gasteiger partial charge < -0.3 is 14.6 Å². The number of halogens is 1. The normalized spacial score (nSPS) is 17.5. The Labute approximate surface area is 123 Å². The van der Waals surface area contributed by atoms with Gasteiger partial charge in [0.25, 0.3) is 0 Å². The highest BCUT2D eigenvalue weighted by atomic mass is 79.9. The second-order valence-corrected chi connectivity index (χ2v) is 6.05. The van der Waals surface area contributed by atoms with Crippen LogP contribution in [0.1, 0.15) is 44.1 Å². The summed E-state index contributed by atoms with van der Waals surface area (Å²) in [6.07, 6.45) is 4.95. The first kappa shape index (κ1) is 14.7. The molecular weight excluding hydrogens is 308 g/mol. The molecule has 1 aromatic rings.